The van der Waals surface area contributed by atoms with E-state index < -0.39 is 14.0 Å². The molecule has 0 fully saturated rings. The minimum absolute atomic E-state index is 0. The number of hydrogen-bond acceptors (Lipinski definition) is 3. The molecule has 0 spiro atoms. The van der Waals surface area contributed by atoms with Gasteiger partial charge in [-0.2, -0.15) is 0 Å². The fourth-order valence-corrected chi connectivity index (χ4v) is 8.31. The minimum atomic E-state index is -1.57. The van der Waals surface area contributed by atoms with Crippen LogP contribution < -0.4 is 5.19 Å². The SMILES string of the molecule is CC(C)c1ccnc(-c2[c-]ccc3c2oc2ccc(-c4ccccc4)cc23)c1.[2H]C(C)(C)c1cc(-c2[c-]ccc(-c3ccccc3)c2)ncc1[Si](C)(C)C.[Ir]. The Morgan fingerprint density at radius 3 is 1.96 bits per heavy atom. The third-order valence-electron chi connectivity index (χ3n) is 9.68. The van der Waals surface area contributed by atoms with Crippen molar-refractivity contribution in [3.63, 3.8) is 0 Å². The van der Waals surface area contributed by atoms with E-state index in [-0.39, 0.29) is 20.1 Å². The second-order valence-electron chi connectivity index (χ2n) is 15.1. The van der Waals surface area contributed by atoms with Crippen molar-refractivity contribution in [2.75, 3.05) is 0 Å². The van der Waals surface area contributed by atoms with Crippen molar-refractivity contribution in [1.82, 2.24) is 9.97 Å². The molecular weight excluding hydrogens is 853 g/mol. The first kappa shape index (κ1) is 37.4. The van der Waals surface area contributed by atoms with E-state index in [9.17, 15) is 0 Å². The van der Waals surface area contributed by atoms with Crippen LogP contribution in [0.5, 0.6) is 0 Å². The predicted molar refractivity (Wildman–Crippen MR) is 226 cm³/mol. The van der Waals surface area contributed by atoms with Gasteiger partial charge in [0.15, 0.2) is 0 Å². The van der Waals surface area contributed by atoms with Crippen LogP contribution in [0.4, 0.5) is 0 Å². The van der Waals surface area contributed by atoms with Crippen LogP contribution >= 0.6 is 0 Å². The molecule has 3 heterocycles. The summed E-state index contributed by atoms with van der Waals surface area (Å²) < 4.78 is 14.9. The molecule has 8 aromatic rings. The second kappa shape index (κ2) is 16.6. The normalized spacial score (nSPS) is 11.9. The number of nitrogens with zero attached hydrogens (tertiary/aromatic N) is 2. The van der Waals surface area contributed by atoms with E-state index in [1.54, 1.807) is 0 Å². The maximum atomic E-state index is 8.61. The quantitative estimate of drug-likeness (QED) is 0.118. The topological polar surface area (TPSA) is 38.9 Å². The fourth-order valence-electron chi connectivity index (χ4n) is 6.72. The van der Waals surface area contributed by atoms with Crippen LogP contribution in [0.15, 0.2) is 144 Å². The Hall–Kier alpha value is -4.93. The molecule has 5 heteroatoms. The van der Waals surface area contributed by atoms with Crippen LogP contribution in [-0.4, -0.2) is 18.0 Å². The summed E-state index contributed by atoms with van der Waals surface area (Å²) in [5, 5.41) is 3.48. The molecule has 0 atom stereocenters. The largest absolute Gasteiger partial charge is 0.501 e. The average molecular weight is 900 g/mol. The van der Waals surface area contributed by atoms with Gasteiger partial charge in [0.05, 0.1) is 13.7 Å². The summed E-state index contributed by atoms with van der Waals surface area (Å²) in [6.45, 7) is 15.2. The summed E-state index contributed by atoms with van der Waals surface area (Å²) in [5.41, 5.74) is 12.5. The van der Waals surface area contributed by atoms with E-state index >= 15 is 0 Å². The summed E-state index contributed by atoms with van der Waals surface area (Å²) in [6, 6.07) is 50.3. The van der Waals surface area contributed by atoms with Crippen molar-refractivity contribution in [1.29, 1.82) is 0 Å². The molecule has 0 aliphatic carbocycles. The summed E-state index contributed by atoms with van der Waals surface area (Å²) >= 11 is 0. The molecule has 3 nitrogen and oxygen atoms in total. The molecule has 8 rings (SSSR count). The van der Waals surface area contributed by atoms with Crippen molar-refractivity contribution < 1.29 is 25.9 Å². The maximum absolute atomic E-state index is 8.61. The number of hydrogen-bond donors (Lipinski definition) is 0. The Kier molecular flexibility index (Phi) is 11.5. The van der Waals surface area contributed by atoms with E-state index in [0.29, 0.717) is 5.92 Å². The average Bonchev–Trinajstić information content (AvgIpc) is 3.56. The molecule has 0 amide bonds. The van der Waals surface area contributed by atoms with Crippen molar-refractivity contribution in [3.8, 4) is 44.8 Å². The Bertz CT molecular complexity index is 2550. The van der Waals surface area contributed by atoms with Crippen molar-refractivity contribution in [2.45, 2.75) is 59.1 Å². The van der Waals surface area contributed by atoms with Gasteiger partial charge in [-0.05, 0) is 63.3 Å². The molecule has 0 aliphatic rings. The molecule has 3 aromatic heterocycles. The fraction of sp³-hybridized carbons (Fsp3) is 0.184. The molecule has 273 valence electrons. The van der Waals surface area contributed by atoms with E-state index in [4.69, 9.17) is 10.8 Å². The van der Waals surface area contributed by atoms with Gasteiger partial charge < -0.3 is 14.4 Å². The molecule has 0 unspecified atom stereocenters. The number of benzene rings is 5. The van der Waals surface area contributed by atoms with Gasteiger partial charge in [0.1, 0.15) is 5.58 Å². The predicted octanol–water partition coefficient (Wildman–Crippen LogP) is 13.1. The first-order chi connectivity index (χ1) is 25.9. The van der Waals surface area contributed by atoms with Gasteiger partial charge in [-0.1, -0.05) is 148 Å². The number of aromatic nitrogens is 2. The molecule has 0 saturated heterocycles. The van der Waals surface area contributed by atoms with E-state index in [1.165, 1.54) is 27.4 Å². The van der Waals surface area contributed by atoms with Crippen LogP contribution in [0.25, 0.3) is 66.7 Å². The standard InChI is InChI=1S/C26H20NO.C23H26NSi.Ir/c1-17(2)19-13-14-27-24(16-19)22-10-6-9-21-23-15-20(18-7-4-3-5-8-18)11-12-25(23)28-26(21)22;1-17(2)21-15-22(24-16-23(21)25(3,4)5)20-13-9-12-19(14-20)18-10-7-6-8-11-18;/h3-9,11-17H,1-2H3;6-12,14-17H,1-5H3;/q2*-1;/i;17D;. The van der Waals surface area contributed by atoms with Crippen LogP contribution in [0.1, 0.15) is 52.0 Å². The van der Waals surface area contributed by atoms with Crippen molar-refractivity contribution in [2.24, 2.45) is 0 Å². The van der Waals surface area contributed by atoms with Gasteiger partial charge in [-0.15, -0.1) is 53.6 Å². The minimum Gasteiger partial charge on any atom is -0.501 e. The summed E-state index contributed by atoms with van der Waals surface area (Å²) in [7, 11) is -1.57. The molecule has 0 saturated carbocycles. The van der Waals surface area contributed by atoms with Gasteiger partial charge in [0.2, 0.25) is 0 Å². The summed E-state index contributed by atoms with van der Waals surface area (Å²) in [5.74, 6) is -0.199. The van der Waals surface area contributed by atoms with Crippen LogP contribution in [0.3, 0.4) is 0 Å². The Morgan fingerprint density at radius 2 is 1.31 bits per heavy atom. The van der Waals surface area contributed by atoms with Gasteiger partial charge in [0.25, 0.3) is 0 Å². The summed E-state index contributed by atoms with van der Waals surface area (Å²) in [4.78, 5) is 9.33. The Labute approximate surface area is 336 Å². The first-order valence-electron chi connectivity index (χ1n) is 18.8. The number of pyridine rings is 2. The van der Waals surface area contributed by atoms with E-state index in [0.717, 1.165) is 55.6 Å². The first-order valence-corrected chi connectivity index (χ1v) is 21.8. The number of fused-ring (bicyclic) bond motifs is 3. The second-order valence-corrected chi connectivity index (χ2v) is 20.2. The molecule has 54 heavy (non-hydrogen) atoms. The van der Waals surface area contributed by atoms with Crippen LogP contribution in [0, 0.1) is 12.1 Å². The third kappa shape index (κ3) is 8.40. The molecule has 5 aromatic carbocycles. The van der Waals surface area contributed by atoms with E-state index in [1.807, 2.05) is 62.6 Å². The van der Waals surface area contributed by atoms with Crippen LogP contribution in [-0.2, 0) is 20.1 Å². The Balaban J connectivity index is 0.000000184. The molecule has 0 N–H and O–H groups in total. The van der Waals surface area contributed by atoms with Crippen molar-refractivity contribution in [3.05, 3.63) is 163 Å². The molecule has 1 radical (unpaired) electrons. The molecular formula is C49H46IrN2OSi-2. The third-order valence-corrected chi connectivity index (χ3v) is 11.7. The van der Waals surface area contributed by atoms with Gasteiger partial charge in [0, 0.05) is 39.3 Å². The van der Waals surface area contributed by atoms with Crippen molar-refractivity contribution >= 4 is 35.2 Å². The zero-order valence-electron chi connectivity index (χ0n) is 33.0. The monoisotopic (exact) mass is 900 g/mol. The summed E-state index contributed by atoms with van der Waals surface area (Å²) in [6.07, 6.45) is 3.86. The van der Waals surface area contributed by atoms with Gasteiger partial charge in [-0.25, -0.2) is 0 Å². The maximum Gasteiger partial charge on any atom is 0.120 e. The van der Waals surface area contributed by atoms with Gasteiger partial charge >= 0.3 is 0 Å². The molecule has 0 bridgehead atoms. The van der Waals surface area contributed by atoms with Crippen LogP contribution in [0.2, 0.25) is 19.6 Å². The number of furan rings is 1. The zero-order chi connectivity index (χ0) is 38.0. The van der Waals surface area contributed by atoms with Gasteiger partial charge in [-0.3, -0.25) is 0 Å². The Morgan fingerprint density at radius 1 is 0.648 bits per heavy atom. The number of rotatable bonds is 7. The van der Waals surface area contributed by atoms with E-state index in [2.05, 4.69) is 142 Å². The smallest absolute Gasteiger partial charge is 0.120 e. The molecule has 0 aliphatic heterocycles. The zero-order valence-corrected chi connectivity index (χ0v) is 35.4.